The summed E-state index contributed by atoms with van der Waals surface area (Å²) in [5, 5.41) is 20.3. The number of carboxylic acid groups (broad SMARTS) is 2. The first kappa shape index (κ1) is 14.6. The number of nitrogens with one attached hydrogen (secondary N) is 1. The van der Waals surface area contributed by atoms with Crippen molar-refractivity contribution in [2.24, 2.45) is 0 Å². The normalized spacial score (nSPS) is 13.3. The van der Waals surface area contributed by atoms with E-state index in [2.05, 4.69) is 5.32 Å². The minimum atomic E-state index is -1.12. The Kier molecular flexibility index (Phi) is 4.27. The van der Waals surface area contributed by atoms with Crippen molar-refractivity contribution in [2.45, 2.75) is 6.42 Å². The molecule has 0 aliphatic carbocycles. The highest BCUT2D eigenvalue weighted by Gasteiger charge is 2.27. The Labute approximate surface area is 119 Å². The Morgan fingerprint density at radius 1 is 1.29 bits per heavy atom. The molecule has 2 rings (SSSR count). The molecule has 0 saturated heterocycles. The van der Waals surface area contributed by atoms with Gasteiger partial charge in [0.2, 0.25) is 0 Å². The fourth-order valence-corrected chi connectivity index (χ4v) is 1.93. The van der Waals surface area contributed by atoms with Crippen LogP contribution in [0.15, 0.2) is 18.2 Å². The summed E-state index contributed by atoms with van der Waals surface area (Å²) in [6, 6.07) is 4.85. The molecule has 0 unspecified atom stereocenters. The van der Waals surface area contributed by atoms with Crippen LogP contribution in [0.3, 0.4) is 0 Å². The number of ether oxygens (including phenoxy) is 1. The van der Waals surface area contributed by atoms with Gasteiger partial charge < -0.3 is 20.3 Å². The molecular weight excluding hydrogens is 280 g/mol. The molecule has 0 aromatic heterocycles. The first-order valence-corrected chi connectivity index (χ1v) is 6.22. The second-order valence-electron chi connectivity index (χ2n) is 4.42. The fraction of sp³-hybridized carbons (Fsp3) is 0.308. The first-order chi connectivity index (χ1) is 9.97. The van der Waals surface area contributed by atoms with Gasteiger partial charge in [0.15, 0.2) is 6.61 Å². The van der Waals surface area contributed by atoms with Crippen LogP contribution in [0.5, 0.6) is 5.75 Å². The number of hydrogen-bond acceptors (Lipinski definition) is 5. The van der Waals surface area contributed by atoms with Crippen LogP contribution >= 0.6 is 0 Å². The van der Waals surface area contributed by atoms with E-state index >= 15 is 0 Å². The largest absolute Gasteiger partial charge is 0.482 e. The topological polar surface area (TPSA) is 116 Å². The zero-order chi connectivity index (χ0) is 15.4. The Bertz CT molecular complexity index is 586. The molecule has 112 valence electrons. The minimum absolute atomic E-state index is 0.0502. The second kappa shape index (κ2) is 6.12. The molecule has 8 heteroatoms. The van der Waals surface area contributed by atoms with Gasteiger partial charge in [0.1, 0.15) is 12.3 Å². The van der Waals surface area contributed by atoms with Gasteiger partial charge >= 0.3 is 11.9 Å². The first-order valence-electron chi connectivity index (χ1n) is 6.22. The molecule has 0 radical (unpaired) electrons. The van der Waals surface area contributed by atoms with E-state index in [0.717, 1.165) is 4.90 Å². The minimum Gasteiger partial charge on any atom is -0.482 e. The van der Waals surface area contributed by atoms with Gasteiger partial charge in [0.05, 0.1) is 12.1 Å². The van der Waals surface area contributed by atoms with E-state index in [-0.39, 0.29) is 19.6 Å². The lowest BCUT2D eigenvalue weighted by atomic mass is 10.2. The highest BCUT2D eigenvalue weighted by molar-refractivity contribution is 6.01. The van der Waals surface area contributed by atoms with Gasteiger partial charge in [-0.1, -0.05) is 0 Å². The molecule has 0 saturated carbocycles. The van der Waals surface area contributed by atoms with Crippen molar-refractivity contribution in [1.29, 1.82) is 0 Å². The van der Waals surface area contributed by atoms with Gasteiger partial charge in [-0.15, -0.1) is 0 Å². The van der Waals surface area contributed by atoms with E-state index in [1.807, 2.05) is 0 Å². The third-order valence-electron chi connectivity index (χ3n) is 2.86. The summed E-state index contributed by atoms with van der Waals surface area (Å²) in [4.78, 5) is 34.2. The van der Waals surface area contributed by atoms with E-state index in [0.29, 0.717) is 17.1 Å². The van der Waals surface area contributed by atoms with Crippen molar-refractivity contribution < 1.29 is 29.3 Å². The second-order valence-corrected chi connectivity index (χ2v) is 4.42. The number of amides is 1. The third-order valence-corrected chi connectivity index (χ3v) is 2.86. The van der Waals surface area contributed by atoms with Gasteiger partial charge in [-0.05, 0) is 18.2 Å². The van der Waals surface area contributed by atoms with Crippen LogP contribution in [0.2, 0.25) is 0 Å². The lowest BCUT2D eigenvalue weighted by Gasteiger charge is -2.28. The number of carboxylic acids is 2. The fourth-order valence-electron chi connectivity index (χ4n) is 1.93. The molecule has 1 amide bonds. The average Bonchev–Trinajstić information content (AvgIpc) is 2.41. The number of carbonyl (C=O) groups is 3. The SMILES string of the molecule is O=C(O)CCNc1ccc2c(c1)N(CC(=O)O)C(=O)CO2. The Balaban J connectivity index is 2.19. The van der Waals surface area contributed by atoms with E-state index in [1.54, 1.807) is 18.2 Å². The molecule has 1 aromatic rings. The summed E-state index contributed by atoms with van der Waals surface area (Å²) in [6.45, 7) is -0.429. The Hall–Kier alpha value is -2.77. The molecule has 8 nitrogen and oxygen atoms in total. The predicted molar refractivity (Wildman–Crippen MR) is 72.7 cm³/mol. The highest BCUT2D eigenvalue weighted by atomic mass is 16.5. The van der Waals surface area contributed by atoms with Gasteiger partial charge in [0.25, 0.3) is 5.91 Å². The van der Waals surface area contributed by atoms with Crippen LogP contribution in [-0.2, 0) is 14.4 Å². The van der Waals surface area contributed by atoms with E-state index < -0.39 is 24.4 Å². The van der Waals surface area contributed by atoms with Crippen molar-refractivity contribution in [3.8, 4) is 5.75 Å². The molecule has 0 spiro atoms. The summed E-state index contributed by atoms with van der Waals surface area (Å²) in [5.74, 6) is -2.07. The van der Waals surface area contributed by atoms with Crippen molar-refractivity contribution in [2.75, 3.05) is 29.9 Å². The maximum Gasteiger partial charge on any atom is 0.323 e. The van der Waals surface area contributed by atoms with Gasteiger partial charge in [-0.2, -0.15) is 0 Å². The predicted octanol–water partition coefficient (Wildman–Crippen LogP) is 0.383. The number of nitrogens with zero attached hydrogens (tertiary/aromatic N) is 1. The zero-order valence-corrected chi connectivity index (χ0v) is 11.0. The van der Waals surface area contributed by atoms with E-state index in [9.17, 15) is 14.4 Å². The molecule has 3 N–H and O–H groups in total. The smallest absolute Gasteiger partial charge is 0.323 e. The Morgan fingerprint density at radius 2 is 2.05 bits per heavy atom. The molecule has 1 aromatic carbocycles. The van der Waals surface area contributed by atoms with Gasteiger partial charge in [-0.3, -0.25) is 19.3 Å². The van der Waals surface area contributed by atoms with Gasteiger partial charge in [-0.25, -0.2) is 0 Å². The molecule has 21 heavy (non-hydrogen) atoms. The standard InChI is InChI=1S/C13H14N2O6/c16-11-7-21-10-2-1-8(14-4-3-12(17)18)5-9(10)15(11)6-13(19)20/h1-2,5,14H,3-4,6-7H2,(H,17,18)(H,19,20). The number of aliphatic carboxylic acids is 2. The van der Waals surface area contributed by atoms with Crippen LogP contribution in [-0.4, -0.2) is 47.8 Å². The van der Waals surface area contributed by atoms with Crippen LogP contribution in [0.1, 0.15) is 6.42 Å². The van der Waals surface area contributed by atoms with Crippen LogP contribution in [0, 0.1) is 0 Å². The number of carbonyl (C=O) groups excluding carboxylic acids is 1. The number of hydrogen-bond donors (Lipinski definition) is 3. The third kappa shape index (κ3) is 3.62. The highest BCUT2D eigenvalue weighted by Crippen LogP contribution is 2.34. The average molecular weight is 294 g/mol. The van der Waals surface area contributed by atoms with Crippen molar-refractivity contribution in [3.63, 3.8) is 0 Å². The van der Waals surface area contributed by atoms with Crippen molar-refractivity contribution in [1.82, 2.24) is 0 Å². The number of anilines is 2. The molecular formula is C13H14N2O6. The zero-order valence-electron chi connectivity index (χ0n) is 11.0. The lowest BCUT2D eigenvalue weighted by molar-refractivity contribution is -0.137. The van der Waals surface area contributed by atoms with Gasteiger partial charge in [0, 0.05) is 12.2 Å². The number of rotatable bonds is 6. The summed E-state index contributed by atoms with van der Waals surface area (Å²) in [7, 11) is 0. The molecule has 1 heterocycles. The van der Waals surface area contributed by atoms with Crippen LogP contribution < -0.4 is 15.0 Å². The van der Waals surface area contributed by atoms with E-state index in [1.165, 1.54) is 0 Å². The van der Waals surface area contributed by atoms with Crippen LogP contribution in [0.25, 0.3) is 0 Å². The van der Waals surface area contributed by atoms with E-state index in [4.69, 9.17) is 14.9 Å². The monoisotopic (exact) mass is 294 g/mol. The Morgan fingerprint density at radius 3 is 2.71 bits per heavy atom. The number of fused-ring (bicyclic) bond motifs is 1. The molecule has 1 aliphatic heterocycles. The molecule has 1 aliphatic rings. The summed E-state index contributed by atoms with van der Waals surface area (Å²) >= 11 is 0. The maximum absolute atomic E-state index is 11.7. The summed E-state index contributed by atoms with van der Waals surface area (Å²) < 4.78 is 5.24. The quantitative estimate of drug-likeness (QED) is 0.694. The molecule has 0 atom stereocenters. The maximum atomic E-state index is 11.7. The van der Waals surface area contributed by atoms with Crippen molar-refractivity contribution in [3.05, 3.63) is 18.2 Å². The lowest BCUT2D eigenvalue weighted by Crippen LogP contribution is -2.41. The molecule has 0 fully saturated rings. The van der Waals surface area contributed by atoms with Crippen LogP contribution in [0.4, 0.5) is 11.4 Å². The summed E-state index contributed by atoms with van der Waals surface area (Å²) in [6.07, 6.45) is -0.0502. The summed E-state index contributed by atoms with van der Waals surface area (Å²) in [5.41, 5.74) is 0.942. The number of benzene rings is 1. The molecule has 0 bridgehead atoms. The van der Waals surface area contributed by atoms with Crippen molar-refractivity contribution >= 4 is 29.2 Å².